The molecule has 0 aliphatic carbocycles. The molecule has 0 bridgehead atoms. The Labute approximate surface area is 312 Å². The lowest BCUT2D eigenvalue weighted by molar-refractivity contribution is 0.0138. The van der Waals surface area contributed by atoms with E-state index in [9.17, 15) is 4.79 Å². The second-order valence-electron chi connectivity index (χ2n) is 14.9. The van der Waals surface area contributed by atoms with Crippen molar-refractivity contribution in [1.82, 2.24) is 29.5 Å². The van der Waals surface area contributed by atoms with E-state index in [1.807, 2.05) is 110 Å². The number of carbonyl (C=O) groups is 1. The van der Waals surface area contributed by atoms with Gasteiger partial charge in [0.05, 0.1) is 11.1 Å². The smallest absolute Gasteiger partial charge is 0.410 e. The van der Waals surface area contributed by atoms with Crippen LogP contribution in [0.1, 0.15) is 31.9 Å². The van der Waals surface area contributed by atoms with Crippen molar-refractivity contribution in [3.8, 4) is 23.0 Å². The molecule has 0 radical (unpaired) electrons. The van der Waals surface area contributed by atoms with E-state index in [2.05, 4.69) is 32.9 Å². The molecule has 5 aromatic rings. The van der Waals surface area contributed by atoms with Crippen molar-refractivity contribution >= 4 is 22.7 Å². The predicted octanol–water partition coefficient (Wildman–Crippen LogP) is 6.47. The summed E-state index contributed by atoms with van der Waals surface area (Å²) in [6, 6.07) is 30.7. The fourth-order valence-electron chi connectivity index (χ4n) is 6.89. The Bertz CT molecular complexity index is 1960. The summed E-state index contributed by atoms with van der Waals surface area (Å²) < 4.78 is 20.0. The molecule has 0 saturated carbocycles. The average Bonchev–Trinajstić information content (AvgIpc) is 3.51. The molecular formula is C42H51N7O4. The summed E-state index contributed by atoms with van der Waals surface area (Å²) in [5.74, 6) is 0.993. The molecule has 0 N–H and O–H groups in total. The second kappa shape index (κ2) is 16.3. The van der Waals surface area contributed by atoms with Gasteiger partial charge in [0.2, 0.25) is 11.8 Å². The topological polar surface area (TPSA) is 88.4 Å². The average molecular weight is 718 g/mol. The van der Waals surface area contributed by atoms with Gasteiger partial charge in [0.1, 0.15) is 24.5 Å². The molecular weight excluding hydrogens is 667 g/mol. The zero-order valence-corrected chi connectivity index (χ0v) is 31.4. The molecule has 2 aliphatic rings. The van der Waals surface area contributed by atoms with Crippen LogP contribution in [0.3, 0.4) is 0 Å². The molecule has 1 amide bonds. The van der Waals surface area contributed by atoms with Gasteiger partial charge in [0, 0.05) is 89.6 Å². The van der Waals surface area contributed by atoms with Gasteiger partial charge < -0.3 is 24.0 Å². The van der Waals surface area contributed by atoms with E-state index >= 15 is 0 Å². The van der Waals surface area contributed by atoms with Gasteiger partial charge in [0.25, 0.3) is 0 Å². The molecule has 4 heterocycles. The lowest BCUT2D eigenvalue weighted by atomic mass is 10.1. The fourth-order valence-corrected chi connectivity index (χ4v) is 6.89. The molecule has 11 nitrogen and oxygen atoms in total. The first-order chi connectivity index (χ1) is 25.7. The van der Waals surface area contributed by atoms with E-state index in [1.54, 1.807) is 0 Å². The first kappa shape index (κ1) is 36.2. The molecule has 0 atom stereocenters. The van der Waals surface area contributed by atoms with E-state index < -0.39 is 5.60 Å². The maximum Gasteiger partial charge on any atom is 0.410 e. The third-order valence-corrected chi connectivity index (χ3v) is 9.87. The number of carbonyl (C=O) groups excluding carboxylic acids is 1. The highest BCUT2D eigenvalue weighted by Crippen LogP contribution is 2.36. The zero-order valence-electron chi connectivity index (χ0n) is 31.4. The number of hydrogen-bond acceptors (Lipinski definition) is 9. The summed E-state index contributed by atoms with van der Waals surface area (Å²) in [5, 5.41) is 6.04. The molecule has 3 aromatic carbocycles. The van der Waals surface area contributed by atoms with Crippen LogP contribution in [-0.2, 0) is 25.0 Å². The first-order valence-corrected chi connectivity index (χ1v) is 18.7. The summed E-state index contributed by atoms with van der Waals surface area (Å²) in [6.07, 6.45) is -0.206. The monoisotopic (exact) mass is 717 g/mol. The molecule has 278 valence electrons. The lowest BCUT2D eigenvalue weighted by Crippen LogP contribution is -2.53. The fraction of sp³-hybridized carbons (Fsp3) is 0.405. The molecule has 2 aromatic heterocycles. The number of aromatic nitrogens is 3. The van der Waals surface area contributed by atoms with E-state index in [4.69, 9.17) is 24.3 Å². The van der Waals surface area contributed by atoms with Crippen LogP contribution in [0.4, 0.5) is 10.5 Å². The van der Waals surface area contributed by atoms with Crippen molar-refractivity contribution in [2.24, 2.45) is 7.05 Å². The number of fused-ring (bicyclic) bond motifs is 1. The molecule has 2 aliphatic heterocycles. The number of anilines is 1. The number of benzene rings is 3. The van der Waals surface area contributed by atoms with Crippen LogP contribution >= 0.6 is 0 Å². The van der Waals surface area contributed by atoms with Crippen LogP contribution in [0.25, 0.3) is 22.2 Å². The normalized spacial score (nSPS) is 15.8. The van der Waals surface area contributed by atoms with Crippen LogP contribution in [0.15, 0.2) is 91.0 Å². The summed E-state index contributed by atoms with van der Waals surface area (Å²) in [5.41, 5.74) is 5.59. The Balaban J connectivity index is 0.987. The number of amides is 1. The first-order valence-electron chi connectivity index (χ1n) is 18.7. The predicted molar refractivity (Wildman–Crippen MR) is 208 cm³/mol. The molecule has 53 heavy (non-hydrogen) atoms. The van der Waals surface area contributed by atoms with E-state index in [0.717, 1.165) is 85.6 Å². The SMILES string of the molecule is Cn1nc(-c2ccc(OCc3ccccc3)nc2OCc2ccccc2)c2ccc(N3CCN(CCN4CCN(C(=O)OC(C)(C)C)CC4)CC3)cc21. The van der Waals surface area contributed by atoms with Gasteiger partial charge in [-0.2, -0.15) is 10.1 Å². The van der Waals surface area contributed by atoms with Crippen molar-refractivity contribution < 1.29 is 19.0 Å². The Morgan fingerprint density at radius 2 is 1.32 bits per heavy atom. The molecule has 7 rings (SSSR count). The molecule has 0 unspecified atom stereocenters. The second-order valence-corrected chi connectivity index (χ2v) is 14.9. The Morgan fingerprint density at radius 1 is 0.717 bits per heavy atom. The number of nitrogens with zero attached hydrogens (tertiary/aromatic N) is 7. The van der Waals surface area contributed by atoms with Crippen LogP contribution in [-0.4, -0.2) is 107 Å². The van der Waals surface area contributed by atoms with Gasteiger partial charge >= 0.3 is 6.09 Å². The van der Waals surface area contributed by atoms with Gasteiger partial charge in [-0.15, -0.1) is 0 Å². The number of pyridine rings is 1. The Kier molecular flexibility index (Phi) is 11.1. The third kappa shape index (κ3) is 9.27. The van der Waals surface area contributed by atoms with Gasteiger partial charge in [-0.1, -0.05) is 60.7 Å². The van der Waals surface area contributed by atoms with Crippen molar-refractivity contribution in [3.63, 3.8) is 0 Å². The lowest BCUT2D eigenvalue weighted by Gasteiger charge is -2.39. The van der Waals surface area contributed by atoms with Gasteiger partial charge in [-0.05, 0) is 56.2 Å². The summed E-state index contributed by atoms with van der Waals surface area (Å²) in [4.78, 5) is 26.6. The highest BCUT2D eigenvalue weighted by molar-refractivity contribution is 5.96. The Hall–Kier alpha value is -5.13. The summed E-state index contributed by atoms with van der Waals surface area (Å²) >= 11 is 0. The van der Waals surface area contributed by atoms with Crippen molar-refractivity contribution in [1.29, 1.82) is 0 Å². The van der Waals surface area contributed by atoms with E-state index in [0.29, 0.717) is 38.1 Å². The van der Waals surface area contributed by atoms with Crippen molar-refractivity contribution in [3.05, 3.63) is 102 Å². The van der Waals surface area contributed by atoms with Crippen LogP contribution in [0.2, 0.25) is 0 Å². The van der Waals surface area contributed by atoms with Gasteiger partial charge in [-0.3, -0.25) is 14.5 Å². The zero-order chi connectivity index (χ0) is 36.8. The molecule has 11 heteroatoms. The number of ether oxygens (including phenoxy) is 3. The minimum Gasteiger partial charge on any atom is -0.473 e. The van der Waals surface area contributed by atoms with Crippen LogP contribution < -0.4 is 14.4 Å². The van der Waals surface area contributed by atoms with Gasteiger partial charge in [0.15, 0.2) is 0 Å². The van der Waals surface area contributed by atoms with Crippen molar-refractivity contribution in [2.45, 2.75) is 39.6 Å². The molecule has 2 saturated heterocycles. The minimum absolute atomic E-state index is 0.206. The van der Waals surface area contributed by atoms with Gasteiger partial charge in [-0.25, -0.2) is 4.79 Å². The molecule has 2 fully saturated rings. The number of aryl methyl sites for hydroxylation is 1. The largest absolute Gasteiger partial charge is 0.473 e. The maximum atomic E-state index is 12.4. The van der Waals surface area contributed by atoms with Crippen molar-refractivity contribution in [2.75, 3.05) is 70.3 Å². The quantitative estimate of drug-likeness (QED) is 0.153. The number of rotatable bonds is 11. The molecule has 0 spiro atoms. The summed E-state index contributed by atoms with van der Waals surface area (Å²) in [7, 11) is 2.00. The highest BCUT2D eigenvalue weighted by atomic mass is 16.6. The number of piperazine rings is 2. The Morgan fingerprint density at radius 3 is 1.94 bits per heavy atom. The number of hydrogen-bond donors (Lipinski definition) is 0. The van der Waals surface area contributed by atoms with E-state index in [-0.39, 0.29) is 6.09 Å². The van der Waals surface area contributed by atoms with E-state index in [1.165, 1.54) is 5.69 Å². The maximum absolute atomic E-state index is 12.4. The van der Waals surface area contributed by atoms with Crippen LogP contribution in [0.5, 0.6) is 11.8 Å². The highest BCUT2D eigenvalue weighted by Gasteiger charge is 2.27. The van der Waals surface area contributed by atoms with Crippen LogP contribution in [0, 0.1) is 0 Å². The minimum atomic E-state index is -0.463. The third-order valence-electron chi connectivity index (χ3n) is 9.87. The summed E-state index contributed by atoms with van der Waals surface area (Å²) in [6.45, 7) is 15.7. The standard InChI is InChI=1S/C42H51N7O4/c1-42(2,3)53-41(50)49-27-23-47(24-28-49)20-19-46-21-25-48(26-22-46)34-15-16-35-37(29-34)45(4)44-39(35)36-17-18-38(51-30-32-11-7-5-8-12-32)43-40(36)52-31-33-13-9-6-10-14-33/h5-18,29H,19-28,30-31H2,1-4H3.